The number of rotatable bonds is 8. The standard InChI is InChI=1S/C23H26FN3O6S/c1-26-20-5-4-18(34(29,30)27-9-11-32-12-10-27)14-19(20)25-22(26)7-8-23(28)33-15-16-13-17(24)3-6-21(16)31-2/h3-6,13-14H,7-12,15H2,1-2H3. The van der Waals surface area contributed by atoms with E-state index < -0.39 is 21.8 Å². The molecule has 9 nitrogen and oxygen atoms in total. The molecule has 1 saturated heterocycles. The summed E-state index contributed by atoms with van der Waals surface area (Å²) in [6.45, 7) is 1.27. The number of ether oxygens (including phenoxy) is 3. The Hall–Kier alpha value is -3.02. The van der Waals surface area contributed by atoms with E-state index in [1.165, 1.54) is 29.6 Å². The van der Waals surface area contributed by atoms with Crippen LogP contribution in [0, 0.1) is 5.82 Å². The molecule has 0 N–H and O–H groups in total. The molecule has 0 spiro atoms. The number of hydrogen-bond donors (Lipinski definition) is 0. The maximum Gasteiger partial charge on any atom is 0.306 e. The highest BCUT2D eigenvalue weighted by Crippen LogP contribution is 2.24. The van der Waals surface area contributed by atoms with Gasteiger partial charge in [0.1, 0.15) is 24.0 Å². The largest absolute Gasteiger partial charge is 0.496 e. The highest BCUT2D eigenvalue weighted by Gasteiger charge is 2.27. The molecule has 182 valence electrons. The van der Waals surface area contributed by atoms with Gasteiger partial charge in [0.25, 0.3) is 0 Å². The van der Waals surface area contributed by atoms with Gasteiger partial charge in [-0.25, -0.2) is 17.8 Å². The number of esters is 1. The topological polar surface area (TPSA) is 100.0 Å². The number of aromatic nitrogens is 2. The zero-order valence-electron chi connectivity index (χ0n) is 19.0. The summed E-state index contributed by atoms with van der Waals surface area (Å²) >= 11 is 0. The van der Waals surface area contributed by atoms with Crippen LogP contribution in [-0.2, 0) is 44.4 Å². The van der Waals surface area contributed by atoms with E-state index in [1.807, 2.05) is 11.6 Å². The molecule has 2 aromatic carbocycles. The Morgan fingerprint density at radius 1 is 1.18 bits per heavy atom. The predicted octanol–water partition coefficient (Wildman–Crippen LogP) is 2.42. The lowest BCUT2D eigenvalue weighted by Gasteiger charge is -2.26. The number of aryl methyl sites for hydroxylation is 2. The SMILES string of the molecule is COc1ccc(F)cc1COC(=O)CCc1nc2cc(S(=O)(=O)N3CCOCC3)ccc2n1C. The quantitative estimate of drug-likeness (QED) is 0.446. The molecule has 0 radical (unpaired) electrons. The van der Waals surface area contributed by atoms with E-state index in [-0.39, 0.29) is 17.9 Å². The average molecular weight is 492 g/mol. The maximum atomic E-state index is 13.5. The van der Waals surface area contributed by atoms with Gasteiger partial charge in [-0.3, -0.25) is 4.79 Å². The molecule has 0 atom stereocenters. The van der Waals surface area contributed by atoms with Crippen molar-refractivity contribution in [3.8, 4) is 5.75 Å². The van der Waals surface area contributed by atoms with Crippen molar-refractivity contribution in [1.29, 1.82) is 0 Å². The van der Waals surface area contributed by atoms with Crippen LogP contribution in [0.3, 0.4) is 0 Å². The fraction of sp³-hybridized carbons (Fsp3) is 0.391. The number of morpholine rings is 1. The van der Waals surface area contributed by atoms with Gasteiger partial charge in [-0.05, 0) is 36.4 Å². The Balaban J connectivity index is 1.43. The summed E-state index contributed by atoms with van der Waals surface area (Å²) in [7, 11) is -0.363. The summed E-state index contributed by atoms with van der Waals surface area (Å²) in [5.74, 6) is 0.152. The van der Waals surface area contributed by atoms with Crippen molar-refractivity contribution in [2.24, 2.45) is 7.05 Å². The molecule has 0 bridgehead atoms. The minimum absolute atomic E-state index is 0.0632. The molecule has 4 rings (SSSR count). The van der Waals surface area contributed by atoms with E-state index >= 15 is 0 Å². The van der Waals surface area contributed by atoms with E-state index in [4.69, 9.17) is 14.2 Å². The first-order valence-corrected chi connectivity index (χ1v) is 12.2. The molecular weight excluding hydrogens is 465 g/mol. The van der Waals surface area contributed by atoms with Gasteiger partial charge < -0.3 is 18.8 Å². The van der Waals surface area contributed by atoms with E-state index in [2.05, 4.69) is 4.98 Å². The first-order chi connectivity index (χ1) is 16.3. The lowest BCUT2D eigenvalue weighted by Crippen LogP contribution is -2.40. The van der Waals surface area contributed by atoms with E-state index in [0.717, 1.165) is 5.52 Å². The lowest BCUT2D eigenvalue weighted by atomic mass is 10.2. The van der Waals surface area contributed by atoms with Crippen molar-refractivity contribution >= 4 is 27.0 Å². The molecule has 1 fully saturated rings. The second kappa shape index (κ2) is 10.1. The second-order valence-electron chi connectivity index (χ2n) is 7.87. The molecule has 1 aromatic heterocycles. The number of fused-ring (bicyclic) bond motifs is 1. The van der Waals surface area contributed by atoms with Crippen LogP contribution in [-0.4, -0.2) is 61.7 Å². The number of carbonyl (C=O) groups excluding carboxylic acids is 1. The van der Waals surface area contributed by atoms with Gasteiger partial charge in [0.15, 0.2) is 0 Å². The average Bonchev–Trinajstić information content (AvgIpc) is 3.16. The van der Waals surface area contributed by atoms with E-state index in [1.54, 1.807) is 18.2 Å². The fourth-order valence-corrected chi connectivity index (χ4v) is 5.28. The number of methoxy groups -OCH3 is 1. The number of halogens is 1. The molecule has 3 aromatic rings. The lowest BCUT2D eigenvalue weighted by molar-refractivity contribution is -0.145. The van der Waals surface area contributed by atoms with Gasteiger partial charge in [-0.2, -0.15) is 4.31 Å². The Morgan fingerprint density at radius 3 is 2.68 bits per heavy atom. The Labute approximate surface area is 197 Å². The highest BCUT2D eigenvalue weighted by molar-refractivity contribution is 7.89. The van der Waals surface area contributed by atoms with E-state index in [9.17, 15) is 17.6 Å². The van der Waals surface area contributed by atoms with Crippen molar-refractivity contribution < 1.29 is 31.8 Å². The number of nitrogens with zero attached hydrogens (tertiary/aromatic N) is 3. The third-order valence-corrected chi connectivity index (χ3v) is 7.63. The van der Waals surface area contributed by atoms with Gasteiger partial charge in [-0.15, -0.1) is 0 Å². The molecule has 0 amide bonds. The zero-order chi connectivity index (χ0) is 24.3. The third kappa shape index (κ3) is 5.06. The van der Waals surface area contributed by atoms with Crippen LogP contribution >= 0.6 is 0 Å². The van der Waals surface area contributed by atoms with Gasteiger partial charge >= 0.3 is 5.97 Å². The van der Waals surface area contributed by atoms with Crippen LogP contribution in [0.15, 0.2) is 41.3 Å². The van der Waals surface area contributed by atoms with Crippen molar-refractivity contribution in [3.05, 3.63) is 53.6 Å². The molecule has 1 aliphatic heterocycles. The normalized spacial score (nSPS) is 14.9. The molecule has 2 heterocycles. The predicted molar refractivity (Wildman–Crippen MR) is 121 cm³/mol. The molecule has 0 aliphatic carbocycles. The number of benzene rings is 2. The summed E-state index contributed by atoms with van der Waals surface area (Å²) in [6.07, 6.45) is 0.365. The van der Waals surface area contributed by atoms with Crippen molar-refractivity contribution in [2.45, 2.75) is 24.3 Å². The first kappa shape index (κ1) is 24.1. The second-order valence-corrected chi connectivity index (χ2v) is 9.81. The van der Waals surface area contributed by atoms with Crippen LogP contribution in [0.25, 0.3) is 11.0 Å². The van der Waals surface area contributed by atoms with Crippen molar-refractivity contribution in [2.75, 3.05) is 33.4 Å². The smallest absolute Gasteiger partial charge is 0.306 e. The van der Waals surface area contributed by atoms with Crippen LogP contribution in [0.4, 0.5) is 4.39 Å². The Kier molecular flexibility index (Phi) is 7.15. The van der Waals surface area contributed by atoms with E-state index in [0.29, 0.717) is 55.4 Å². The first-order valence-electron chi connectivity index (χ1n) is 10.8. The molecule has 11 heteroatoms. The van der Waals surface area contributed by atoms with Crippen molar-refractivity contribution in [3.63, 3.8) is 0 Å². The molecule has 1 aliphatic rings. The number of hydrogen-bond acceptors (Lipinski definition) is 7. The van der Waals surface area contributed by atoms with Gasteiger partial charge in [0, 0.05) is 32.1 Å². The third-order valence-electron chi connectivity index (χ3n) is 5.74. The molecule has 0 unspecified atom stereocenters. The van der Waals surface area contributed by atoms with Gasteiger partial charge in [0.05, 0.1) is 42.7 Å². The van der Waals surface area contributed by atoms with Crippen LogP contribution < -0.4 is 4.74 Å². The highest BCUT2D eigenvalue weighted by atomic mass is 32.2. The number of carbonyl (C=O) groups is 1. The maximum absolute atomic E-state index is 13.5. The van der Waals surface area contributed by atoms with Crippen molar-refractivity contribution in [1.82, 2.24) is 13.9 Å². The van der Waals surface area contributed by atoms with Gasteiger partial charge in [-0.1, -0.05) is 0 Å². The summed E-state index contributed by atoms with van der Waals surface area (Å²) in [6, 6.07) is 8.85. The minimum atomic E-state index is -3.63. The Bertz CT molecular complexity index is 1300. The molecular formula is C23H26FN3O6S. The van der Waals surface area contributed by atoms with Gasteiger partial charge in [0.2, 0.25) is 10.0 Å². The summed E-state index contributed by atoms with van der Waals surface area (Å²) in [5.41, 5.74) is 1.73. The molecule has 34 heavy (non-hydrogen) atoms. The number of sulfonamides is 1. The number of imidazole rings is 1. The van der Waals surface area contributed by atoms with Crippen LogP contribution in [0.2, 0.25) is 0 Å². The summed E-state index contributed by atoms with van der Waals surface area (Å²) < 4.78 is 58.3. The Morgan fingerprint density at radius 2 is 1.94 bits per heavy atom. The molecule has 0 saturated carbocycles. The minimum Gasteiger partial charge on any atom is -0.496 e. The summed E-state index contributed by atoms with van der Waals surface area (Å²) in [5, 5.41) is 0. The summed E-state index contributed by atoms with van der Waals surface area (Å²) in [4.78, 5) is 17.0. The van der Waals surface area contributed by atoms with Crippen LogP contribution in [0.1, 0.15) is 17.8 Å². The monoisotopic (exact) mass is 491 g/mol. The van der Waals surface area contributed by atoms with Crippen LogP contribution in [0.5, 0.6) is 5.75 Å². The zero-order valence-corrected chi connectivity index (χ0v) is 19.8. The fourth-order valence-electron chi connectivity index (χ4n) is 3.85.